The molecule has 150 valence electrons. The van der Waals surface area contributed by atoms with E-state index in [2.05, 4.69) is 34.0 Å². The Morgan fingerprint density at radius 3 is 2.50 bits per heavy atom. The van der Waals surface area contributed by atoms with E-state index < -0.39 is 11.2 Å². The molecule has 28 heavy (non-hydrogen) atoms. The third kappa shape index (κ3) is 4.13. The van der Waals surface area contributed by atoms with E-state index in [0.717, 1.165) is 25.2 Å². The summed E-state index contributed by atoms with van der Waals surface area (Å²) in [5.74, 6) is 0.559. The second kappa shape index (κ2) is 8.62. The summed E-state index contributed by atoms with van der Waals surface area (Å²) < 4.78 is 3.16. The van der Waals surface area contributed by atoms with Gasteiger partial charge in [-0.15, -0.1) is 0 Å². The van der Waals surface area contributed by atoms with Crippen molar-refractivity contribution in [3.8, 4) is 0 Å². The standard InChI is InChI=1S/C19H25ClN6O2/c1-4-25(5-2)11-10-21-18-22-16-15(17(27)23-19(28)24(16)3)26(18)12-13-6-8-14(20)9-7-13/h6-9H,4-5,10-12H2,1-3H3,(H,21,22)(H,23,27,28). The van der Waals surface area contributed by atoms with Crippen LogP contribution in [-0.4, -0.2) is 50.2 Å². The number of aryl methyl sites for hydroxylation is 1. The largest absolute Gasteiger partial charge is 0.354 e. The molecule has 0 aliphatic rings. The maximum Gasteiger partial charge on any atom is 0.329 e. The highest BCUT2D eigenvalue weighted by molar-refractivity contribution is 6.30. The second-order valence-electron chi connectivity index (χ2n) is 6.59. The Balaban J connectivity index is 2.01. The van der Waals surface area contributed by atoms with E-state index in [-0.39, 0.29) is 0 Å². The van der Waals surface area contributed by atoms with Gasteiger partial charge < -0.3 is 10.2 Å². The molecular formula is C19H25ClN6O2. The van der Waals surface area contributed by atoms with Gasteiger partial charge in [0.15, 0.2) is 11.2 Å². The van der Waals surface area contributed by atoms with Crippen LogP contribution in [0.15, 0.2) is 33.9 Å². The zero-order valence-electron chi connectivity index (χ0n) is 16.3. The number of rotatable bonds is 8. The molecule has 0 fully saturated rings. The van der Waals surface area contributed by atoms with E-state index in [1.54, 1.807) is 11.6 Å². The number of imidazole rings is 1. The number of aromatic amines is 1. The summed E-state index contributed by atoms with van der Waals surface area (Å²) in [6, 6.07) is 7.43. The maximum atomic E-state index is 12.5. The minimum Gasteiger partial charge on any atom is -0.354 e. The van der Waals surface area contributed by atoms with Crippen LogP contribution in [-0.2, 0) is 13.6 Å². The van der Waals surface area contributed by atoms with E-state index >= 15 is 0 Å². The Morgan fingerprint density at radius 2 is 1.86 bits per heavy atom. The topological polar surface area (TPSA) is 88.0 Å². The Morgan fingerprint density at radius 1 is 1.18 bits per heavy atom. The molecule has 0 bridgehead atoms. The number of nitrogens with zero attached hydrogens (tertiary/aromatic N) is 4. The molecule has 0 spiro atoms. The highest BCUT2D eigenvalue weighted by Crippen LogP contribution is 2.18. The minimum absolute atomic E-state index is 0.355. The second-order valence-corrected chi connectivity index (χ2v) is 7.03. The van der Waals surface area contributed by atoms with Crippen molar-refractivity contribution < 1.29 is 0 Å². The predicted octanol–water partition coefficient (Wildman–Crippen LogP) is 1.88. The van der Waals surface area contributed by atoms with Crippen molar-refractivity contribution in [2.75, 3.05) is 31.5 Å². The molecule has 8 nitrogen and oxygen atoms in total. The zero-order valence-corrected chi connectivity index (χ0v) is 17.1. The predicted molar refractivity (Wildman–Crippen MR) is 112 cm³/mol. The quantitative estimate of drug-likeness (QED) is 0.598. The van der Waals surface area contributed by atoms with Crippen LogP contribution in [0, 0.1) is 0 Å². The van der Waals surface area contributed by atoms with Crippen LogP contribution in [0.2, 0.25) is 5.02 Å². The fourth-order valence-corrected chi connectivity index (χ4v) is 3.29. The molecule has 0 aliphatic heterocycles. The lowest BCUT2D eigenvalue weighted by Crippen LogP contribution is -2.29. The fraction of sp³-hybridized carbons (Fsp3) is 0.421. The number of nitrogens with one attached hydrogen (secondary N) is 2. The monoisotopic (exact) mass is 404 g/mol. The first kappa shape index (κ1) is 20.2. The molecule has 2 aromatic heterocycles. The molecule has 2 heterocycles. The summed E-state index contributed by atoms with van der Waals surface area (Å²) in [5, 5.41) is 3.97. The average Bonchev–Trinajstić information content (AvgIpc) is 3.04. The van der Waals surface area contributed by atoms with Gasteiger partial charge in [-0.1, -0.05) is 37.6 Å². The van der Waals surface area contributed by atoms with Crippen LogP contribution in [0.25, 0.3) is 11.2 Å². The van der Waals surface area contributed by atoms with Crippen molar-refractivity contribution in [3.05, 3.63) is 55.7 Å². The molecule has 0 unspecified atom stereocenters. The molecule has 0 radical (unpaired) electrons. The summed E-state index contributed by atoms with van der Waals surface area (Å²) in [4.78, 5) is 33.7. The molecule has 0 saturated heterocycles. The first-order valence-electron chi connectivity index (χ1n) is 9.34. The molecule has 9 heteroatoms. The van der Waals surface area contributed by atoms with Crippen LogP contribution < -0.4 is 16.6 Å². The highest BCUT2D eigenvalue weighted by Gasteiger charge is 2.17. The third-order valence-corrected chi connectivity index (χ3v) is 5.12. The SMILES string of the molecule is CCN(CC)CCNc1nc2c(c(=O)[nH]c(=O)n2C)n1Cc1ccc(Cl)cc1. The zero-order chi connectivity index (χ0) is 20.3. The fourth-order valence-electron chi connectivity index (χ4n) is 3.16. The van der Waals surface area contributed by atoms with Crippen molar-refractivity contribution in [1.82, 2.24) is 24.0 Å². The summed E-state index contributed by atoms with van der Waals surface area (Å²) in [5.41, 5.74) is 0.763. The number of halogens is 1. The number of aromatic nitrogens is 4. The van der Waals surface area contributed by atoms with E-state index in [9.17, 15) is 9.59 Å². The number of benzene rings is 1. The van der Waals surface area contributed by atoms with Crippen molar-refractivity contribution in [2.45, 2.75) is 20.4 Å². The van der Waals surface area contributed by atoms with Crippen LogP contribution >= 0.6 is 11.6 Å². The molecule has 3 aromatic rings. The van der Waals surface area contributed by atoms with Crippen LogP contribution in [0.4, 0.5) is 5.95 Å². The average molecular weight is 405 g/mol. The van der Waals surface area contributed by atoms with Gasteiger partial charge in [0.05, 0.1) is 6.54 Å². The van der Waals surface area contributed by atoms with Crippen molar-refractivity contribution >= 4 is 28.7 Å². The number of hydrogen-bond acceptors (Lipinski definition) is 5. The van der Waals surface area contributed by atoms with Crippen LogP contribution in [0.1, 0.15) is 19.4 Å². The minimum atomic E-state index is -0.483. The third-order valence-electron chi connectivity index (χ3n) is 4.87. The van der Waals surface area contributed by atoms with Gasteiger partial charge in [-0.05, 0) is 30.8 Å². The number of anilines is 1. The molecule has 3 rings (SSSR count). The number of likely N-dealkylation sites (N-methyl/N-ethyl adjacent to an activating group) is 1. The van der Waals surface area contributed by atoms with Gasteiger partial charge in [-0.3, -0.25) is 18.9 Å². The molecule has 2 N–H and O–H groups in total. The normalized spacial score (nSPS) is 11.5. The van der Waals surface area contributed by atoms with Gasteiger partial charge in [-0.25, -0.2) is 4.79 Å². The number of fused-ring (bicyclic) bond motifs is 1. The lowest BCUT2D eigenvalue weighted by Gasteiger charge is -2.18. The van der Waals surface area contributed by atoms with E-state index in [0.29, 0.717) is 35.2 Å². The van der Waals surface area contributed by atoms with E-state index in [1.165, 1.54) is 4.57 Å². The number of H-pyrrole nitrogens is 1. The summed E-state index contributed by atoms with van der Waals surface area (Å²) >= 11 is 5.98. The molecule has 0 saturated carbocycles. The van der Waals surface area contributed by atoms with Gasteiger partial charge in [0.2, 0.25) is 5.95 Å². The molecule has 0 aliphatic carbocycles. The van der Waals surface area contributed by atoms with Crippen molar-refractivity contribution in [1.29, 1.82) is 0 Å². The smallest absolute Gasteiger partial charge is 0.329 e. The van der Waals surface area contributed by atoms with Gasteiger partial charge in [0, 0.05) is 25.2 Å². The van der Waals surface area contributed by atoms with Crippen molar-refractivity contribution in [2.24, 2.45) is 7.05 Å². The number of hydrogen-bond donors (Lipinski definition) is 2. The Kier molecular flexibility index (Phi) is 6.21. The van der Waals surface area contributed by atoms with Crippen LogP contribution in [0.5, 0.6) is 0 Å². The van der Waals surface area contributed by atoms with Gasteiger partial charge in [-0.2, -0.15) is 4.98 Å². The van der Waals surface area contributed by atoms with E-state index in [1.807, 2.05) is 24.3 Å². The lowest BCUT2D eigenvalue weighted by molar-refractivity contribution is 0.315. The lowest BCUT2D eigenvalue weighted by atomic mass is 10.2. The first-order chi connectivity index (χ1) is 13.4. The summed E-state index contributed by atoms with van der Waals surface area (Å²) in [6.07, 6.45) is 0. The highest BCUT2D eigenvalue weighted by atomic mass is 35.5. The first-order valence-corrected chi connectivity index (χ1v) is 9.72. The Bertz CT molecular complexity index is 1060. The van der Waals surface area contributed by atoms with Gasteiger partial charge in [0.1, 0.15) is 0 Å². The maximum absolute atomic E-state index is 12.5. The molecule has 0 atom stereocenters. The van der Waals surface area contributed by atoms with Crippen molar-refractivity contribution in [3.63, 3.8) is 0 Å². The molecule has 1 aromatic carbocycles. The summed E-state index contributed by atoms with van der Waals surface area (Å²) in [7, 11) is 1.60. The Labute approximate surface area is 167 Å². The van der Waals surface area contributed by atoms with Gasteiger partial charge in [0.25, 0.3) is 5.56 Å². The van der Waals surface area contributed by atoms with Gasteiger partial charge >= 0.3 is 5.69 Å². The molecule has 0 amide bonds. The van der Waals surface area contributed by atoms with Crippen LogP contribution in [0.3, 0.4) is 0 Å². The summed E-state index contributed by atoms with van der Waals surface area (Å²) in [6.45, 7) is 8.14. The van der Waals surface area contributed by atoms with E-state index in [4.69, 9.17) is 11.6 Å². The molecular weight excluding hydrogens is 380 g/mol. The Hall–Kier alpha value is -2.58.